The predicted molar refractivity (Wildman–Crippen MR) is 70.3 cm³/mol. The van der Waals surface area contributed by atoms with E-state index in [0.717, 1.165) is 31.9 Å². The summed E-state index contributed by atoms with van der Waals surface area (Å²) < 4.78 is 0. The van der Waals surface area contributed by atoms with Gasteiger partial charge in [0.2, 0.25) is 5.95 Å². The lowest BCUT2D eigenvalue weighted by Crippen LogP contribution is -2.44. The lowest BCUT2D eigenvalue weighted by Gasteiger charge is -2.31. The molecule has 4 heteroatoms. The Bertz CT molecular complexity index is 330. The SMILES string of the molecule is CCCc1cnc(N(C)C2CCCNC2)nc1. The van der Waals surface area contributed by atoms with Gasteiger partial charge in [0.05, 0.1) is 0 Å². The minimum absolute atomic E-state index is 0.528. The highest BCUT2D eigenvalue weighted by atomic mass is 15.3. The highest BCUT2D eigenvalue weighted by Crippen LogP contribution is 2.14. The number of hydrogen-bond donors (Lipinski definition) is 1. The fourth-order valence-electron chi connectivity index (χ4n) is 2.28. The van der Waals surface area contributed by atoms with Crippen LogP contribution >= 0.6 is 0 Å². The van der Waals surface area contributed by atoms with Gasteiger partial charge in [0.15, 0.2) is 0 Å². The van der Waals surface area contributed by atoms with Gasteiger partial charge in [-0.25, -0.2) is 9.97 Å². The van der Waals surface area contributed by atoms with Gasteiger partial charge in [-0.15, -0.1) is 0 Å². The van der Waals surface area contributed by atoms with E-state index in [2.05, 4.69) is 34.2 Å². The quantitative estimate of drug-likeness (QED) is 0.859. The van der Waals surface area contributed by atoms with Crippen molar-refractivity contribution in [2.45, 2.75) is 38.6 Å². The molecule has 0 bridgehead atoms. The number of likely N-dealkylation sites (N-methyl/N-ethyl adjacent to an activating group) is 1. The van der Waals surface area contributed by atoms with E-state index in [1.165, 1.54) is 18.4 Å². The number of aryl methyl sites for hydroxylation is 1. The summed E-state index contributed by atoms with van der Waals surface area (Å²) in [6, 6.07) is 0.528. The summed E-state index contributed by atoms with van der Waals surface area (Å²) in [5, 5.41) is 3.42. The molecule has 1 fully saturated rings. The van der Waals surface area contributed by atoms with Crippen molar-refractivity contribution in [3.05, 3.63) is 18.0 Å². The van der Waals surface area contributed by atoms with Crippen LogP contribution in [0.4, 0.5) is 5.95 Å². The Morgan fingerprint density at radius 1 is 1.41 bits per heavy atom. The van der Waals surface area contributed by atoms with Gasteiger partial charge in [0.1, 0.15) is 0 Å². The predicted octanol–water partition coefficient (Wildman–Crippen LogP) is 1.62. The maximum Gasteiger partial charge on any atom is 0.225 e. The van der Waals surface area contributed by atoms with Crippen molar-refractivity contribution in [1.29, 1.82) is 0 Å². The van der Waals surface area contributed by atoms with Gasteiger partial charge in [-0.05, 0) is 31.4 Å². The van der Waals surface area contributed by atoms with Crippen LogP contribution in [0.1, 0.15) is 31.7 Å². The van der Waals surface area contributed by atoms with Crippen LogP contribution in [0.25, 0.3) is 0 Å². The van der Waals surface area contributed by atoms with Crippen molar-refractivity contribution in [2.75, 3.05) is 25.0 Å². The number of rotatable bonds is 4. The highest BCUT2D eigenvalue weighted by molar-refractivity contribution is 5.30. The first-order chi connectivity index (χ1) is 8.31. The van der Waals surface area contributed by atoms with E-state index in [1.54, 1.807) is 0 Å². The molecular weight excluding hydrogens is 212 g/mol. The summed E-state index contributed by atoms with van der Waals surface area (Å²) in [7, 11) is 2.09. The van der Waals surface area contributed by atoms with Gasteiger partial charge in [-0.3, -0.25) is 0 Å². The molecule has 0 radical (unpaired) electrons. The zero-order chi connectivity index (χ0) is 12.1. The molecule has 94 valence electrons. The monoisotopic (exact) mass is 234 g/mol. The van der Waals surface area contributed by atoms with Gasteiger partial charge < -0.3 is 10.2 Å². The van der Waals surface area contributed by atoms with Crippen molar-refractivity contribution in [3.8, 4) is 0 Å². The van der Waals surface area contributed by atoms with E-state index in [1.807, 2.05) is 12.4 Å². The molecule has 0 aromatic carbocycles. The summed E-state index contributed by atoms with van der Waals surface area (Å²) in [5.41, 5.74) is 1.23. The largest absolute Gasteiger partial charge is 0.340 e. The Kier molecular flexibility index (Phi) is 4.31. The second-order valence-electron chi connectivity index (χ2n) is 4.75. The molecule has 0 aliphatic carbocycles. The molecule has 1 aromatic rings. The summed E-state index contributed by atoms with van der Waals surface area (Å²) in [6.45, 7) is 4.35. The average Bonchev–Trinajstić information content (AvgIpc) is 2.40. The number of hydrogen-bond acceptors (Lipinski definition) is 4. The Morgan fingerprint density at radius 2 is 2.18 bits per heavy atom. The summed E-state index contributed by atoms with van der Waals surface area (Å²) in [5.74, 6) is 0.846. The molecule has 0 spiro atoms. The first kappa shape index (κ1) is 12.3. The Hall–Kier alpha value is -1.16. The van der Waals surface area contributed by atoms with Crippen LogP contribution in [-0.2, 0) is 6.42 Å². The molecule has 2 rings (SSSR count). The van der Waals surface area contributed by atoms with Crippen molar-refractivity contribution in [2.24, 2.45) is 0 Å². The molecule has 2 heterocycles. The number of piperidine rings is 1. The molecular formula is C13H22N4. The standard InChI is InChI=1S/C13H22N4/c1-3-5-11-8-15-13(16-9-11)17(2)12-6-4-7-14-10-12/h8-9,12,14H,3-7,10H2,1-2H3. The Balaban J connectivity index is 2.00. The molecule has 1 aliphatic heterocycles. The third-order valence-corrected chi connectivity index (χ3v) is 3.36. The third kappa shape index (κ3) is 3.16. The maximum atomic E-state index is 4.46. The minimum atomic E-state index is 0.528. The summed E-state index contributed by atoms with van der Waals surface area (Å²) >= 11 is 0. The zero-order valence-corrected chi connectivity index (χ0v) is 10.8. The van der Waals surface area contributed by atoms with E-state index in [0.29, 0.717) is 6.04 Å². The van der Waals surface area contributed by atoms with Gasteiger partial charge in [-0.1, -0.05) is 13.3 Å². The third-order valence-electron chi connectivity index (χ3n) is 3.36. The molecule has 17 heavy (non-hydrogen) atoms. The number of nitrogens with zero attached hydrogens (tertiary/aromatic N) is 3. The fraction of sp³-hybridized carbons (Fsp3) is 0.692. The van der Waals surface area contributed by atoms with E-state index in [-0.39, 0.29) is 0 Å². The molecule has 1 unspecified atom stereocenters. The van der Waals surface area contributed by atoms with Crippen LogP contribution in [0.15, 0.2) is 12.4 Å². The summed E-state index contributed by atoms with van der Waals surface area (Å²) in [6.07, 6.45) is 8.59. The van der Waals surface area contributed by atoms with E-state index >= 15 is 0 Å². The summed E-state index contributed by atoms with van der Waals surface area (Å²) in [4.78, 5) is 11.1. The van der Waals surface area contributed by atoms with Crippen molar-refractivity contribution in [3.63, 3.8) is 0 Å². The average molecular weight is 234 g/mol. The smallest absolute Gasteiger partial charge is 0.225 e. The molecule has 1 N–H and O–H groups in total. The van der Waals surface area contributed by atoms with Crippen LogP contribution in [0, 0.1) is 0 Å². The van der Waals surface area contributed by atoms with Crippen LogP contribution < -0.4 is 10.2 Å². The number of nitrogens with one attached hydrogen (secondary N) is 1. The number of aromatic nitrogens is 2. The topological polar surface area (TPSA) is 41.1 Å². The van der Waals surface area contributed by atoms with E-state index < -0.39 is 0 Å². The van der Waals surface area contributed by atoms with Crippen molar-refractivity contribution >= 4 is 5.95 Å². The second kappa shape index (κ2) is 5.96. The Morgan fingerprint density at radius 3 is 2.76 bits per heavy atom. The lowest BCUT2D eigenvalue weighted by atomic mass is 10.1. The molecule has 1 aromatic heterocycles. The fourth-order valence-corrected chi connectivity index (χ4v) is 2.28. The minimum Gasteiger partial charge on any atom is -0.340 e. The highest BCUT2D eigenvalue weighted by Gasteiger charge is 2.19. The van der Waals surface area contributed by atoms with Crippen LogP contribution in [0.5, 0.6) is 0 Å². The second-order valence-corrected chi connectivity index (χ2v) is 4.75. The van der Waals surface area contributed by atoms with E-state index in [4.69, 9.17) is 0 Å². The van der Waals surface area contributed by atoms with Gasteiger partial charge in [0.25, 0.3) is 0 Å². The van der Waals surface area contributed by atoms with Crippen LogP contribution in [0.3, 0.4) is 0 Å². The van der Waals surface area contributed by atoms with Crippen molar-refractivity contribution in [1.82, 2.24) is 15.3 Å². The Labute approximate surface area is 103 Å². The first-order valence-corrected chi connectivity index (χ1v) is 6.55. The zero-order valence-electron chi connectivity index (χ0n) is 10.8. The molecule has 4 nitrogen and oxygen atoms in total. The van der Waals surface area contributed by atoms with Crippen LogP contribution in [-0.4, -0.2) is 36.1 Å². The normalized spacial score (nSPS) is 20.2. The molecule has 1 atom stereocenters. The van der Waals surface area contributed by atoms with Gasteiger partial charge in [-0.2, -0.15) is 0 Å². The van der Waals surface area contributed by atoms with Gasteiger partial charge in [0, 0.05) is 32.0 Å². The molecule has 0 saturated carbocycles. The van der Waals surface area contributed by atoms with E-state index in [9.17, 15) is 0 Å². The first-order valence-electron chi connectivity index (χ1n) is 6.55. The lowest BCUT2D eigenvalue weighted by molar-refractivity contribution is 0.441. The van der Waals surface area contributed by atoms with Gasteiger partial charge >= 0.3 is 0 Å². The molecule has 1 saturated heterocycles. The van der Waals surface area contributed by atoms with Crippen molar-refractivity contribution < 1.29 is 0 Å². The maximum absolute atomic E-state index is 4.46. The number of anilines is 1. The molecule has 0 amide bonds. The molecule has 1 aliphatic rings. The van der Waals surface area contributed by atoms with Crippen LogP contribution in [0.2, 0.25) is 0 Å².